The van der Waals surface area contributed by atoms with Crippen molar-refractivity contribution in [1.82, 2.24) is 15.5 Å². The third kappa shape index (κ3) is 6.36. The Balaban J connectivity index is 2.84. The minimum atomic E-state index is 0.227. The number of nitrogens with zero attached hydrogens (tertiary/aromatic N) is 2. The fourth-order valence-corrected chi connectivity index (χ4v) is 2.15. The second kappa shape index (κ2) is 8.90. The van der Waals surface area contributed by atoms with E-state index in [1.165, 1.54) is 5.56 Å². The summed E-state index contributed by atoms with van der Waals surface area (Å²) in [5, 5.41) is 7.36. The number of rotatable bonds is 6. The van der Waals surface area contributed by atoms with Gasteiger partial charge in [0.1, 0.15) is 0 Å². The van der Waals surface area contributed by atoms with Crippen LogP contribution in [-0.2, 0) is 0 Å². The summed E-state index contributed by atoms with van der Waals surface area (Å²) in [6.07, 6.45) is 0. The molecule has 0 spiro atoms. The van der Waals surface area contributed by atoms with E-state index >= 15 is 0 Å². The van der Waals surface area contributed by atoms with E-state index in [0.29, 0.717) is 12.6 Å². The highest BCUT2D eigenvalue weighted by atomic mass is 35.5. The van der Waals surface area contributed by atoms with Crippen LogP contribution in [0.25, 0.3) is 0 Å². The molecule has 21 heavy (non-hydrogen) atoms. The van der Waals surface area contributed by atoms with Crippen molar-refractivity contribution in [3.05, 3.63) is 34.9 Å². The molecule has 1 atom stereocenters. The van der Waals surface area contributed by atoms with Crippen molar-refractivity contribution in [2.24, 2.45) is 4.99 Å². The Morgan fingerprint density at radius 3 is 2.33 bits per heavy atom. The Kier molecular flexibility index (Phi) is 7.54. The molecule has 0 saturated heterocycles. The van der Waals surface area contributed by atoms with Gasteiger partial charge in [0.25, 0.3) is 0 Å². The smallest absolute Gasteiger partial charge is 0.191 e. The number of nitrogens with one attached hydrogen (secondary N) is 2. The zero-order chi connectivity index (χ0) is 15.8. The molecule has 0 aliphatic carbocycles. The first-order chi connectivity index (χ1) is 9.93. The van der Waals surface area contributed by atoms with E-state index in [2.05, 4.69) is 62.5 Å². The summed E-state index contributed by atoms with van der Waals surface area (Å²) in [6, 6.07) is 8.56. The van der Waals surface area contributed by atoms with E-state index < -0.39 is 0 Å². The van der Waals surface area contributed by atoms with Crippen LogP contribution in [0, 0.1) is 0 Å². The highest BCUT2D eigenvalue weighted by Crippen LogP contribution is 2.20. The van der Waals surface area contributed by atoms with Crippen LogP contribution in [0.3, 0.4) is 0 Å². The maximum atomic E-state index is 5.96. The van der Waals surface area contributed by atoms with Gasteiger partial charge in [0, 0.05) is 17.6 Å². The van der Waals surface area contributed by atoms with Gasteiger partial charge in [-0.05, 0) is 52.6 Å². The largest absolute Gasteiger partial charge is 0.357 e. The van der Waals surface area contributed by atoms with Crippen molar-refractivity contribution in [2.45, 2.75) is 32.9 Å². The molecule has 0 fully saturated rings. The highest BCUT2D eigenvalue weighted by molar-refractivity contribution is 6.30. The minimum absolute atomic E-state index is 0.227. The van der Waals surface area contributed by atoms with Gasteiger partial charge in [-0.15, -0.1) is 0 Å². The van der Waals surface area contributed by atoms with Crippen LogP contribution in [0.5, 0.6) is 0 Å². The summed E-state index contributed by atoms with van der Waals surface area (Å²) in [5.74, 6) is 0.855. The third-order valence-electron chi connectivity index (χ3n) is 3.07. The molecule has 1 aromatic carbocycles. The van der Waals surface area contributed by atoms with Crippen molar-refractivity contribution in [2.75, 3.05) is 27.2 Å². The molecular weight excluding hydrogens is 284 g/mol. The Morgan fingerprint density at radius 2 is 1.86 bits per heavy atom. The number of guanidine groups is 1. The number of halogens is 1. The molecule has 0 bridgehead atoms. The zero-order valence-electron chi connectivity index (χ0n) is 13.7. The van der Waals surface area contributed by atoms with E-state index in [-0.39, 0.29) is 6.04 Å². The van der Waals surface area contributed by atoms with E-state index in [1.807, 2.05) is 12.1 Å². The molecule has 0 amide bonds. The van der Waals surface area contributed by atoms with Crippen molar-refractivity contribution in [3.8, 4) is 0 Å². The van der Waals surface area contributed by atoms with E-state index in [0.717, 1.165) is 17.5 Å². The predicted octanol–water partition coefficient (Wildman–Crippen LogP) is 2.91. The number of aliphatic imine (C=N–C) groups is 1. The van der Waals surface area contributed by atoms with Gasteiger partial charge >= 0.3 is 0 Å². The number of benzene rings is 1. The van der Waals surface area contributed by atoms with Crippen LogP contribution in [0.2, 0.25) is 5.02 Å². The maximum Gasteiger partial charge on any atom is 0.191 e. The average molecular weight is 311 g/mol. The summed E-state index contributed by atoms with van der Waals surface area (Å²) < 4.78 is 0. The molecule has 0 saturated carbocycles. The monoisotopic (exact) mass is 310 g/mol. The van der Waals surface area contributed by atoms with Crippen LogP contribution in [0.1, 0.15) is 32.4 Å². The quantitative estimate of drug-likeness (QED) is 0.627. The normalized spacial score (nSPS) is 13.6. The Labute approximate surface area is 133 Å². The summed E-state index contributed by atoms with van der Waals surface area (Å²) in [6.45, 7) is 7.83. The first-order valence-electron chi connectivity index (χ1n) is 7.40. The van der Waals surface area contributed by atoms with Gasteiger partial charge in [0.15, 0.2) is 5.96 Å². The summed E-state index contributed by atoms with van der Waals surface area (Å²) in [4.78, 5) is 6.87. The van der Waals surface area contributed by atoms with Gasteiger partial charge in [-0.3, -0.25) is 4.99 Å². The fourth-order valence-electron chi connectivity index (χ4n) is 2.02. The molecule has 1 rings (SSSR count). The van der Waals surface area contributed by atoms with Crippen LogP contribution >= 0.6 is 11.6 Å². The molecule has 4 nitrogen and oxygen atoms in total. The van der Waals surface area contributed by atoms with Gasteiger partial charge in [-0.1, -0.05) is 23.7 Å². The topological polar surface area (TPSA) is 39.7 Å². The molecule has 0 radical (unpaired) electrons. The van der Waals surface area contributed by atoms with Crippen molar-refractivity contribution < 1.29 is 0 Å². The summed E-state index contributed by atoms with van der Waals surface area (Å²) in [7, 11) is 4.13. The standard InChI is InChI=1S/C16H27ClN4/c1-6-18-16(20-12(2)3)19-11-15(21(4)5)13-7-9-14(17)10-8-13/h7-10,12,15H,6,11H2,1-5H3,(H2,18,19,20). The molecule has 0 aliphatic rings. The van der Waals surface area contributed by atoms with Crippen LogP contribution in [-0.4, -0.2) is 44.1 Å². The van der Waals surface area contributed by atoms with E-state index in [9.17, 15) is 0 Å². The number of hydrogen-bond acceptors (Lipinski definition) is 2. The Hall–Kier alpha value is -1.26. The molecule has 1 aromatic rings. The van der Waals surface area contributed by atoms with E-state index in [1.54, 1.807) is 0 Å². The number of hydrogen-bond donors (Lipinski definition) is 2. The highest BCUT2D eigenvalue weighted by Gasteiger charge is 2.14. The fraction of sp³-hybridized carbons (Fsp3) is 0.562. The maximum absolute atomic E-state index is 5.96. The number of likely N-dealkylation sites (N-methyl/N-ethyl adjacent to an activating group) is 1. The molecule has 118 valence electrons. The van der Waals surface area contributed by atoms with Gasteiger partial charge in [-0.25, -0.2) is 0 Å². The van der Waals surface area contributed by atoms with Crippen molar-refractivity contribution in [1.29, 1.82) is 0 Å². The van der Waals surface area contributed by atoms with Crippen LogP contribution in [0.4, 0.5) is 0 Å². The minimum Gasteiger partial charge on any atom is -0.357 e. The average Bonchev–Trinajstić information content (AvgIpc) is 2.40. The molecule has 5 heteroatoms. The Bertz CT molecular complexity index is 440. The second-order valence-corrected chi connectivity index (χ2v) is 5.99. The van der Waals surface area contributed by atoms with Gasteiger partial charge in [0.2, 0.25) is 0 Å². The first-order valence-corrected chi connectivity index (χ1v) is 7.78. The lowest BCUT2D eigenvalue weighted by atomic mass is 10.1. The predicted molar refractivity (Wildman–Crippen MR) is 92.1 cm³/mol. The second-order valence-electron chi connectivity index (χ2n) is 5.55. The van der Waals surface area contributed by atoms with Crippen LogP contribution in [0.15, 0.2) is 29.3 Å². The zero-order valence-corrected chi connectivity index (χ0v) is 14.4. The molecule has 0 aromatic heterocycles. The molecule has 0 heterocycles. The molecule has 0 aliphatic heterocycles. The lowest BCUT2D eigenvalue weighted by Crippen LogP contribution is -2.41. The first kappa shape index (κ1) is 17.8. The molecular formula is C16H27ClN4. The van der Waals surface area contributed by atoms with Gasteiger partial charge < -0.3 is 15.5 Å². The molecule has 2 N–H and O–H groups in total. The van der Waals surface area contributed by atoms with Crippen molar-refractivity contribution >= 4 is 17.6 Å². The SMILES string of the molecule is CCNC(=NCC(c1ccc(Cl)cc1)N(C)C)NC(C)C. The van der Waals surface area contributed by atoms with Crippen LogP contribution < -0.4 is 10.6 Å². The third-order valence-corrected chi connectivity index (χ3v) is 3.32. The van der Waals surface area contributed by atoms with E-state index in [4.69, 9.17) is 16.6 Å². The summed E-state index contributed by atoms with van der Waals surface area (Å²) in [5.41, 5.74) is 1.22. The van der Waals surface area contributed by atoms with Gasteiger partial charge in [0.05, 0.1) is 12.6 Å². The molecule has 1 unspecified atom stereocenters. The summed E-state index contributed by atoms with van der Waals surface area (Å²) >= 11 is 5.96. The lowest BCUT2D eigenvalue weighted by Gasteiger charge is -2.24. The van der Waals surface area contributed by atoms with Crippen molar-refractivity contribution in [3.63, 3.8) is 0 Å². The lowest BCUT2D eigenvalue weighted by molar-refractivity contribution is 0.306. The Morgan fingerprint density at radius 1 is 1.24 bits per heavy atom. The van der Waals surface area contributed by atoms with Gasteiger partial charge in [-0.2, -0.15) is 0 Å².